The molecule has 0 atom stereocenters. The summed E-state index contributed by atoms with van der Waals surface area (Å²) in [7, 11) is 0. The van der Waals surface area contributed by atoms with Gasteiger partial charge in [0.1, 0.15) is 15.7 Å². The van der Waals surface area contributed by atoms with Gasteiger partial charge in [-0.1, -0.05) is 42.9 Å². The average molecular weight is 486 g/mol. The standard InChI is InChI=1S/C22H23N5O2S3/c1-10(2)20-26-27-22(32-20)25-19(29)17-13(5)16-18(28)23-15(24-21(16)31-17)9-30-14-8-11(3)6-7-12(14)4/h6-8,10H,9H2,1-5H3,(H,23,24,28)(H,25,27,29). The maximum Gasteiger partial charge on any atom is 0.267 e. The Morgan fingerprint density at radius 1 is 1.19 bits per heavy atom. The number of carbonyl (C=O) groups excluding carboxylic acids is 1. The van der Waals surface area contributed by atoms with Gasteiger partial charge in [-0.05, 0) is 38.0 Å². The van der Waals surface area contributed by atoms with Crippen LogP contribution in [0.1, 0.15) is 57.0 Å². The van der Waals surface area contributed by atoms with Crippen LogP contribution in [0.4, 0.5) is 5.13 Å². The fourth-order valence-electron chi connectivity index (χ4n) is 3.15. The predicted molar refractivity (Wildman–Crippen MR) is 132 cm³/mol. The Bertz CT molecular complexity index is 1370. The first-order valence-electron chi connectivity index (χ1n) is 10.1. The summed E-state index contributed by atoms with van der Waals surface area (Å²) < 4.78 is 0. The van der Waals surface area contributed by atoms with Gasteiger partial charge in [-0.3, -0.25) is 14.9 Å². The number of aromatic nitrogens is 4. The Kier molecular flexibility index (Phi) is 6.45. The van der Waals surface area contributed by atoms with E-state index < -0.39 is 0 Å². The molecular weight excluding hydrogens is 462 g/mol. The summed E-state index contributed by atoms with van der Waals surface area (Å²) in [6.45, 7) is 9.94. The Morgan fingerprint density at radius 2 is 1.97 bits per heavy atom. The van der Waals surface area contributed by atoms with Gasteiger partial charge in [-0.2, -0.15) is 0 Å². The van der Waals surface area contributed by atoms with E-state index in [0.717, 1.165) is 9.90 Å². The van der Waals surface area contributed by atoms with Gasteiger partial charge in [0.05, 0.1) is 16.0 Å². The van der Waals surface area contributed by atoms with Gasteiger partial charge in [0.2, 0.25) is 5.13 Å². The SMILES string of the molecule is Cc1ccc(C)c(SCc2nc3sc(C(=O)Nc4nnc(C(C)C)s4)c(C)c3c(=O)[nH]2)c1. The van der Waals surface area contributed by atoms with Crippen LogP contribution in [0.15, 0.2) is 27.9 Å². The van der Waals surface area contributed by atoms with Crippen LogP contribution in [0, 0.1) is 20.8 Å². The van der Waals surface area contributed by atoms with E-state index in [-0.39, 0.29) is 17.4 Å². The zero-order valence-corrected chi connectivity index (χ0v) is 20.8. The molecule has 0 unspecified atom stereocenters. The van der Waals surface area contributed by atoms with E-state index in [0.29, 0.717) is 37.4 Å². The Labute approximate surface area is 197 Å². The van der Waals surface area contributed by atoms with Crippen LogP contribution in [0.25, 0.3) is 10.2 Å². The maximum atomic E-state index is 12.9. The van der Waals surface area contributed by atoms with Crippen molar-refractivity contribution in [2.45, 2.75) is 51.2 Å². The highest BCUT2D eigenvalue weighted by Gasteiger charge is 2.21. The van der Waals surface area contributed by atoms with E-state index in [1.165, 1.54) is 33.8 Å². The summed E-state index contributed by atoms with van der Waals surface area (Å²) in [5.74, 6) is 1.07. The van der Waals surface area contributed by atoms with Crippen molar-refractivity contribution in [3.05, 3.63) is 61.0 Å². The fraction of sp³-hybridized carbons (Fsp3) is 0.318. The van der Waals surface area contributed by atoms with E-state index in [4.69, 9.17) is 0 Å². The second kappa shape index (κ2) is 9.13. The van der Waals surface area contributed by atoms with E-state index in [1.807, 2.05) is 13.8 Å². The molecule has 4 aromatic rings. The first-order chi connectivity index (χ1) is 15.2. The molecular formula is C22H23N5O2S3. The first-order valence-corrected chi connectivity index (χ1v) is 12.7. The molecule has 10 heteroatoms. The highest BCUT2D eigenvalue weighted by molar-refractivity contribution is 7.98. The van der Waals surface area contributed by atoms with Gasteiger partial charge in [0.15, 0.2) is 0 Å². The van der Waals surface area contributed by atoms with Crippen molar-refractivity contribution in [2.24, 2.45) is 0 Å². The van der Waals surface area contributed by atoms with Crippen molar-refractivity contribution in [3.63, 3.8) is 0 Å². The summed E-state index contributed by atoms with van der Waals surface area (Å²) in [6, 6.07) is 6.30. The number of amides is 1. The molecule has 166 valence electrons. The van der Waals surface area contributed by atoms with Gasteiger partial charge in [0.25, 0.3) is 11.5 Å². The van der Waals surface area contributed by atoms with E-state index in [1.54, 1.807) is 18.7 Å². The van der Waals surface area contributed by atoms with Crippen LogP contribution in [0.3, 0.4) is 0 Å². The largest absolute Gasteiger partial charge is 0.309 e. The summed E-state index contributed by atoms with van der Waals surface area (Å²) in [5.41, 5.74) is 2.78. The van der Waals surface area contributed by atoms with Crippen LogP contribution in [-0.4, -0.2) is 26.1 Å². The number of aromatic amines is 1. The van der Waals surface area contributed by atoms with Gasteiger partial charge in [-0.25, -0.2) is 4.98 Å². The highest BCUT2D eigenvalue weighted by Crippen LogP contribution is 2.30. The lowest BCUT2D eigenvalue weighted by Crippen LogP contribution is -2.13. The molecule has 3 heterocycles. The number of hydrogen-bond acceptors (Lipinski definition) is 8. The van der Waals surface area contributed by atoms with Crippen molar-refractivity contribution >= 4 is 55.7 Å². The Balaban J connectivity index is 1.58. The molecule has 2 N–H and O–H groups in total. The number of benzene rings is 1. The van der Waals surface area contributed by atoms with E-state index in [9.17, 15) is 9.59 Å². The molecule has 0 saturated heterocycles. The monoisotopic (exact) mass is 485 g/mol. The van der Waals surface area contributed by atoms with Crippen molar-refractivity contribution in [2.75, 3.05) is 5.32 Å². The van der Waals surface area contributed by atoms with E-state index in [2.05, 4.69) is 57.5 Å². The minimum Gasteiger partial charge on any atom is -0.309 e. The summed E-state index contributed by atoms with van der Waals surface area (Å²) in [6.07, 6.45) is 0. The van der Waals surface area contributed by atoms with Crippen molar-refractivity contribution < 1.29 is 4.79 Å². The maximum absolute atomic E-state index is 12.9. The summed E-state index contributed by atoms with van der Waals surface area (Å²) in [5, 5.41) is 12.7. The lowest BCUT2D eigenvalue weighted by molar-refractivity contribution is 0.103. The molecule has 7 nitrogen and oxygen atoms in total. The van der Waals surface area contributed by atoms with Crippen LogP contribution in [0.2, 0.25) is 0 Å². The topological polar surface area (TPSA) is 101 Å². The van der Waals surface area contributed by atoms with Crippen LogP contribution < -0.4 is 10.9 Å². The predicted octanol–water partition coefficient (Wildman–Crippen LogP) is 5.43. The third-order valence-electron chi connectivity index (χ3n) is 4.92. The molecule has 4 rings (SSSR count). The number of hydrogen-bond donors (Lipinski definition) is 2. The highest BCUT2D eigenvalue weighted by atomic mass is 32.2. The number of anilines is 1. The van der Waals surface area contributed by atoms with Crippen molar-refractivity contribution in [3.8, 4) is 0 Å². The lowest BCUT2D eigenvalue weighted by Gasteiger charge is -2.06. The molecule has 0 aliphatic carbocycles. The van der Waals surface area contributed by atoms with Crippen LogP contribution >= 0.6 is 34.4 Å². The number of aryl methyl sites for hydroxylation is 3. The van der Waals surface area contributed by atoms with Gasteiger partial charge in [-0.15, -0.1) is 33.3 Å². The second-order valence-corrected chi connectivity index (χ2v) is 10.9. The normalized spacial score (nSPS) is 11.4. The number of thioether (sulfide) groups is 1. The molecule has 0 bridgehead atoms. The number of carbonyl (C=O) groups is 1. The number of H-pyrrole nitrogens is 1. The smallest absolute Gasteiger partial charge is 0.267 e. The molecule has 0 aliphatic rings. The van der Waals surface area contributed by atoms with Gasteiger partial charge < -0.3 is 4.98 Å². The molecule has 0 radical (unpaired) electrons. The first kappa shape index (κ1) is 22.6. The zero-order valence-electron chi connectivity index (χ0n) is 18.4. The second-order valence-electron chi connectivity index (χ2n) is 7.86. The molecule has 1 amide bonds. The zero-order chi connectivity index (χ0) is 23.0. The molecule has 0 saturated carbocycles. The molecule has 1 aromatic carbocycles. The average Bonchev–Trinajstić information content (AvgIpc) is 3.33. The molecule has 32 heavy (non-hydrogen) atoms. The third kappa shape index (κ3) is 4.62. The number of rotatable bonds is 6. The molecule has 0 spiro atoms. The van der Waals surface area contributed by atoms with Gasteiger partial charge >= 0.3 is 0 Å². The minimum atomic E-state index is -0.303. The minimum absolute atomic E-state index is 0.225. The quantitative estimate of drug-likeness (QED) is 0.353. The lowest BCUT2D eigenvalue weighted by atomic mass is 10.2. The van der Waals surface area contributed by atoms with Crippen LogP contribution in [0.5, 0.6) is 0 Å². The molecule has 0 fully saturated rings. The third-order valence-corrected chi connectivity index (χ3v) is 8.41. The van der Waals surface area contributed by atoms with Crippen molar-refractivity contribution in [1.82, 2.24) is 20.2 Å². The number of fused-ring (bicyclic) bond motifs is 1. The Morgan fingerprint density at radius 3 is 2.69 bits per heavy atom. The number of nitrogens with one attached hydrogen (secondary N) is 2. The molecule has 0 aliphatic heterocycles. The number of nitrogens with zero attached hydrogens (tertiary/aromatic N) is 3. The summed E-state index contributed by atoms with van der Waals surface area (Å²) >= 11 is 4.21. The molecule has 3 aromatic heterocycles. The Hall–Kier alpha value is -2.56. The van der Waals surface area contributed by atoms with Crippen molar-refractivity contribution in [1.29, 1.82) is 0 Å². The van der Waals surface area contributed by atoms with Gasteiger partial charge in [0, 0.05) is 10.8 Å². The summed E-state index contributed by atoms with van der Waals surface area (Å²) in [4.78, 5) is 35.3. The number of thiophene rings is 1. The van der Waals surface area contributed by atoms with Crippen LogP contribution in [-0.2, 0) is 5.75 Å². The van der Waals surface area contributed by atoms with E-state index >= 15 is 0 Å². The fourth-order valence-corrected chi connectivity index (χ4v) is 5.99.